The number of nitrogens with two attached hydrogens (primary N) is 1. The second kappa shape index (κ2) is 3.39. The van der Waals surface area contributed by atoms with E-state index in [9.17, 15) is 0 Å². The highest BCUT2D eigenvalue weighted by atomic mass is 16.3. The van der Waals surface area contributed by atoms with Gasteiger partial charge in [0.25, 0.3) is 0 Å². The second-order valence-electron chi connectivity index (χ2n) is 2.85. The maximum absolute atomic E-state index is 9.09. The molecule has 60 valence electrons. The monoisotopic (exact) mass is 151 g/mol. The Morgan fingerprint density at radius 1 is 1.55 bits per heavy atom. The Morgan fingerprint density at radius 3 is 2.82 bits per heavy atom. The third-order valence-electron chi connectivity index (χ3n) is 1.47. The minimum absolute atomic E-state index is 0.150. The molecule has 0 aliphatic heterocycles. The number of hydrogen-bond acceptors (Lipinski definition) is 2. The highest BCUT2D eigenvalue weighted by molar-refractivity contribution is 5.27. The minimum atomic E-state index is 0.150. The van der Waals surface area contributed by atoms with Gasteiger partial charge in [-0.15, -0.1) is 0 Å². The van der Waals surface area contributed by atoms with Crippen LogP contribution in [0.3, 0.4) is 0 Å². The number of aromatic hydroxyl groups is 1. The zero-order valence-electron chi connectivity index (χ0n) is 6.62. The topological polar surface area (TPSA) is 46.2 Å². The number of rotatable bonds is 2. The maximum atomic E-state index is 9.09. The van der Waals surface area contributed by atoms with Crippen LogP contribution in [0.2, 0.25) is 0 Å². The van der Waals surface area contributed by atoms with Crippen molar-refractivity contribution in [3.05, 3.63) is 29.8 Å². The summed E-state index contributed by atoms with van der Waals surface area (Å²) in [5, 5.41) is 9.09. The number of phenolic OH excluding ortho intramolecular Hbond substituents is 1. The molecule has 1 aromatic rings. The molecule has 0 bridgehead atoms. The lowest BCUT2D eigenvalue weighted by molar-refractivity contribution is 0.474. The van der Waals surface area contributed by atoms with Gasteiger partial charge in [0.05, 0.1) is 0 Å². The molecule has 1 aromatic carbocycles. The third kappa shape index (κ3) is 2.60. The molecule has 11 heavy (non-hydrogen) atoms. The molecule has 0 aliphatic rings. The summed E-state index contributed by atoms with van der Waals surface area (Å²) in [6, 6.07) is 7.33. The summed E-state index contributed by atoms with van der Waals surface area (Å²) in [6.07, 6.45) is 0.814. The molecule has 0 fully saturated rings. The molecule has 1 rings (SSSR count). The molecule has 3 N–H and O–H groups in total. The van der Waals surface area contributed by atoms with Gasteiger partial charge in [-0.3, -0.25) is 0 Å². The lowest BCUT2D eigenvalue weighted by Crippen LogP contribution is -2.17. The van der Waals surface area contributed by atoms with Gasteiger partial charge in [0.15, 0.2) is 0 Å². The van der Waals surface area contributed by atoms with Crippen LogP contribution >= 0.6 is 0 Å². The summed E-state index contributed by atoms with van der Waals surface area (Å²) in [4.78, 5) is 0. The lowest BCUT2D eigenvalue weighted by atomic mass is 10.1. The summed E-state index contributed by atoms with van der Waals surface area (Å²) in [5.74, 6) is 0.308. The third-order valence-corrected chi connectivity index (χ3v) is 1.47. The molecule has 0 aromatic heterocycles. The van der Waals surface area contributed by atoms with Crippen molar-refractivity contribution in [1.29, 1.82) is 0 Å². The van der Waals surface area contributed by atoms with E-state index >= 15 is 0 Å². The van der Waals surface area contributed by atoms with Gasteiger partial charge in [0.1, 0.15) is 5.75 Å². The first-order valence-corrected chi connectivity index (χ1v) is 3.72. The van der Waals surface area contributed by atoms with Crippen LogP contribution in [-0.4, -0.2) is 11.1 Å². The van der Waals surface area contributed by atoms with Gasteiger partial charge in [0.2, 0.25) is 0 Å². The maximum Gasteiger partial charge on any atom is 0.115 e. The normalized spacial score (nSPS) is 12.9. The van der Waals surface area contributed by atoms with E-state index < -0.39 is 0 Å². The van der Waals surface area contributed by atoms with E-state index in [1.807, 2.05) is 19.1 Å². The van der Waals surface area contributed by atoms with E-state index in [1.54, 1.807) is 12.1 Å². The van der Waals surface area contributed by atoms with Gasteiger partial charge >= 0.3 is 0 Å². The van der Waals surface area contributed by atoms with Crippen molar-refractivity contribution in [2.45, 2.75) is 19.4 Å². The van der Waals surface area contributed by atoms with Crippen LogP contribution in [0, 0.1) is 0 Å². The van der Waals surface area contributed by atoms with Crippen molar-refractivity contribution in [2.24, 2.45) is 5.73 Å². The first-order chi connectivity index (χ1) is 5.18. The molecule has 1 unspecified atom stereocenters. The van der Waals surface area contributed by atoms with Crippen LogP contribution in [0.5, 0.6) is 5.75 Å². The fourth-order valence-corrected chi connectivity index (χ4v) is 1.06. The van der Waals surface area contributed by atoms with E-state index in [1.165, 1.54) is 0 Å². The quantitative estimate of drug-likeness (QED) is 0.668. The van der Waals surface area contributed by atoms with Gasteiger partial charge in [-0.25, -0.2) is 0 Å². The Morgan fingerprint density at radius 2 is 2.27 bits per heavy atom. The molecule has 2 nitrogen and oxygen atoms in total. The lowest BCUT2D eigenvalue weighted by Gasteiger charge is -2.04. The number of benzene rings is 1. The van der Waals surface area contributed by atoms with Crippen molar-refractivity contribution in [1.82, 2.24) is 0 Å². The molecule has 0 saturated carbocycles. The first-order valence-electron chi connectivity index (χ1n) is 3.72. The summed E-state index contributed by atoms with van der Waals surface area (Å²) in [5.41, 5.74) is 6.68. The fraction of sp³-hybridized carbons (Fsp3) is 0.333. The molecule has 1 atom stereocenters. The number of hydrogen-bond donors (Lipinski definition) is 2. The van der Waals surface area contributed by atoms with Crippen LogP contribution in [0.25, 0.3) is 0 Å². The standard InChI is InChI=1S/C9H13NO/c1-7(10)5-8-3-2-4-9(11)6-8/h2-4,6-7,11H,5,10H2,1H3. The van der Waals surface area contributed by atoms with Crippen molar-refractivity contribution in [3.8, 4) is 5.75 Å². The molecule has 2 heteroatoms. The average Bonchev–Trinajstić information content (AvgIpc) is 1.85. The molecule has 0 aliphatic carbocycles. The van der Waals surface area contributed by atoms with Crippen molar-refractivity contribution in [3.63, 3.8) is 0 Å². The summed E-state index contributed by atoms with van der Waals surface area (Å²) >= 11 is 0. The summed E-state index contributed by atoms with van der Waals surface area (Å²) < 4.78 is 0. The van der Waals surface area contributed by atoms with Crippen molar-refractivity contribution < 1.29 is 5.11 Å². The fourth-order valence-electron chi connectivity index (χ4n) is 1.06. The predicted octanol–water partition coefficient (Wildman–Crippen LogP) is 1.28. The van der Waals surface area contributed by atoms with Crippen molar-refractivity contribution in [2.75, 3.05) is 0 Å². The Hall–Kier alpha value is -1.02. The zero-order valence-corrected chi connectivity index (χ0v) is 6.62. The van der Waals surface area contributed by atoms with Crippen molar-refractivity contribution >= 4 is 0 Å². The van der Waals surface area contributed by atoms with E-state index in [2.05, 4.69) is 0 Å². The van der Waals surface area contributed by atoms with Crippen LogP contribution < -0.4 is 5.73 Å². The average molecular weight is 151 g/mol. The van der Waals surface area contributed by atoms with Crippen LogP contribution in [0.1, 0.15) is 12.5 Å². The Bertz CT molecular complexity index is 233. The van der Waals surface area contributed by atoms with E-state index in [0.717, 1.165) is 12.0 Å². The van der Waals surface area contributed by atoms with E-state index in [4.69, 9.17) is 10.8 Å². The predicted molar refractivity (Wildman–Crippen MR) is 45.5 cm³/mol. The Balaban J connectivity index is 2.71. The van der Waals surface area contributed by atoms with Crippen LogP contribution in [0.15, 0.2) is 24.3 Å². The highest BCUT2D eigenvalue weighted by Gasteiger charge is 1.97. The molecule has 0 spiro atoms. The van der Waals surface area contributed by atoms with Gasteiger partial charge in [-0.1, -0.05) is 12.1 Å². The van der Waals surface area contributed by atoms with Crippen LogP contribution in [-0.2, 0) is 6.42 Å². The SMILES string of the molecule is CC(N)Cc1cccc(O)c1. The molecule has 0 radical (unpaired) electrons. The molecular formula is C9H13NO. The van der Waals surface area contributed by atoms with Gasteiger partial charge in [-0.2, -0.15) is 0 Å². The summed E-state index contributed by atoms with van der Waals surface area (Å²) in [7, 11) is 0. The summed E-state index contributed by atoms with van der Waals surface area (Å²) in [6.45, 7) is 1.95. The Labute approximate surface area is 66.7 Å². The largest absolute Gasteiger partial charge is 0.508 e. The van der Waals surface area contributed by atoms with E-state index in [0.29, 0.717) is 5.75 Å². The van der Waals surface area contributed by atoms with Gasteiger partial charge in [-0.05, 0) is 31.0 Å². The molecule has 0 heterocycles. The van der Waals surface area contributed by atoms with Gasteiger partial charge in [0, 0.05) is 6.04 Å². The first kappa shape index (κ1) is 8.08. The molecule has 0 amide bonds. The Kier molecular flexibility index (Phi) is 2.49. The van der Waals surface area contributed by atoms with Gasteiger partial charge < -0.3 is 10.8 Å². The zero-order chi connectivity index (χ0) is 8.27. The molecular weight excluding hydrogens is 138 g/mol. The highest BCUT2D eigenvalue weighted by Crippen LogP contribution is 2.11. The minimum Gasteiger partial charge on any atom is -0.508 e. The van der Waals surface area contributed by atoms with Crippen LogP contribution in [0.4, 0.5) is 0 Å². The number of phenols is 1. The van der Waals surface area contributed by atoms with E-state index in [-0.39, 0.29) is 6.04 Å². The molecule has 0 saturated heterocycles. The smallest absolute Gasteiger partial charge is 0.115 e. The second-order valence-corrected chi connectivity index (χ2v) is 2.85.